The summed E-state index contributed by atoms with van der Waals surface area (Å²) in [6.07, 6.45) is 8.84. The van der Waals surface area contributed by atoms with Crippen molar-refractivity contribution in [1.29, 1.82) is 0 Å². The zero-order valence-electron chi connectivity index (χ0n) is 33.5. The number of fused-ring (bicyclic) bond motifs is 2. The Hall–Kier alpha value is -2.59. The van der Waals surface area contributed by atoms with Gasteiger partial charge in [0.15, 0.2) is 16.0 Å². The second-order valence-electron chi connectivity index (χ2n) is 16.7. The van der Waals surface area contributed by atoms with Crippen molar-refractivity contribution in [2.24, 2.45) is 10.8 Å². The van der Waals surface area contributed by atoms with E-state index >= 15 is 0 Å². The molecule has 280 valence electrons. The van der Waals surface area contributed by atoms with Gasteiger partial charge in [0.05, 0.1) is 27.7 Å². The predicted octanol–water partition coefficient (Wildman–Crippen LogP) is 9.44. The van der Waals surface area contributed by atoms with Gasteiger partial charge in [-0.25, -0.2) is 9.97 Å². The molecule has 2 aromatic heterocycles. The molecule has 4 aliphatic carbocycles. The number of halogens is 1. The average molecular weight is 773 g/mol. The van der Waals surface area contributed by atoms with Gasteiger partial charge < -0.3 is 6.92 Å². The molecule has 0 saturated carbocycles. The maximum atomic E-state index is 13.3. The molecule has 8 rings (SSSR count). The summed E-state index contributed by atoms with van der Waals surface area (Å²) >= 11 is 9.57. The fourth-order valence-electron chi connectivity index (χ4n) is 9.51. The van der Waals surface area contributed by atoms with E-state index < -0.39 is 5.41 Å². The van der Waals surface area contributed by atoms with E-state index in [-0.39, 0.29) is 35.1 Å². The number of allylic oxidation sites excluding steroid dienone is 4. The van der Waals surface area contributed by atoms with Gasteiger partial charge in [-0.05, 0) is 47.6 Å². The Balaban J connectivity index is 0.000000186. The van der Waals surface area contributed by atoms with Crippen LogP contribution in [0.3, 0.4) is 0 Å². The molecule has 2 atom stereocenters. The minimum Gasteiger partial charge on any atom is -0.343 e. The summed E-state index contributed by atoms with van der Waals surface area (Å²) in [4.78, 5) is 38.3. The average Bonchev–Trinajstić information content (AvgIpc) is 3.76. The summed E-state index contributed by atoms with van der Waals surface area (Å²) in [7, 11) is 0. The number of ketones is 2. The summed E-state index contributed by atoms with van der Waals surface area (Å²) in [6, 6.07) is 21.0. The Bertz CT molecular complexity index is 2040. The number of hydrogen-bond donors (Lipinski definition) is 0. The van der Waals surface area contributed by atoms with Gasteiger partial charge in [-0.1, -0.05) is 138 Å². The van der Waals surface area contributed by atoms with Crippen LogP contribution in [0.25, 0.3) is 0 Å². The quantitative estimate of drug-likeness (QED) is 0.150. The Morgan fingerprint density at radius 1 is 0.704 bits per heavy atom. The van der Waals surface area contributed by atoms with Crippen molar-refractivity contribution in [3.05, 3.63) is 132 Å². The number of aromatic nitrogens is 2. The van der Waals surface area contributed by atoms with Crippen molar-refractivity contribution in [3.63, 3.8) is 0 Å². The number of nitrogens with zero attached hydrogens (tertiary/aromatic N) is 2. The minimum atomic E-state index is -0.400. The van der Waals surface area contributed by atoms with Crippen LogP contribution in [0.1, 0.15) is 132 Å². The third kappa shape index (κ3) is 7.73. The number of benzene rings is 2. The molecule has 4 aliphatic rings. The summed E-state index contributed by atoms with van der Waals surface area (Å²) < 4.78 is 0.574. The molecule has 2 heterocycles. The van der Waals surface area contributed by atoms with Crippen LogP contribution in [0.15, 0.2) is 88.5 Å². The van der Waals surface area contributed by atoms with Crippen LogP contribution in [0, 0.1) is 17.8 Å². The second kappa shape index (κ2) is 16.9. The first-order valence-electron chi connectivity index (χ1n) is 19.3. The maximum absolute atomic E-state index is 13.3. The van der Waals surface area contributed by atoms with Crippen molar-refractivity contribution in [2.75, 3.05) is 0 Å². The van der Waals surface area contributed by atoms with Gasteiger partial charge in [-0.2, -0.15) is 6.42 Å². The molecule has 4 aromatic rings. The normalized spacial score (nSPS) is 23.4. The predicted molar refractivity (Wildman–Crippen MR) is 222 cm³/mol. The first-order chi connectivity index (χ1) is 25.3. The molecule has 0 bridgehead atoms. The molecule has 8 heteroatoms. The van der Waals surface area contributed by atoms with Gasteiger partial charge in [0.1, 0.15) is 0 Å². The molecule has 0 fully saturated rings. The van der Waals surface area contributed by atoms with Crippen molar-refractivity contribution in [1.82, 2.24) is 9.97 Å². The van der Waals surface area contributed by atoms with Crippen molar-refractivity contribution in [2.45, 2.75) is 124 Å². The van der Waals surface area contributed by atoms with Crippen molar-refractivity contribution >= 4 is 45.8 Å². The van der Waals surface area contributed by atoms with E-state index in [0.717, 1.165) is 66.7 Å². The van der Waals surface area contributed by atoms with Crippen LogP contribution >= 0.6 is 34.3 Å². The van der Waals surface area contributed by atoms with Gasteiger partial charge in [0, 0.05) is 46.6 Å². The first-order valence-corrected chi connectivity index (χ1v) is 21.3. The smallest absolute Gasteiger partial charge is 0.343 e. The van der Waals surface area contributed by atoms with E-state index in [1.54, 1.807) is 22.7 Å². The number of Topliss-reactive ketones (excluding diaryl/α,β-unsaturated/α-hetero) is 2. The van der Waals surface area contributed by atoms with Crippen molar-refractivity contribution < 1.29 is 28.4 Å². The van der Waals surface area contributed by atoms with E-state index in [0.29, 0.717) is 28.9 Å². The minimum absolute atomic E-state index is 0. The third-order valence-electron chi connectivity index (χ3n) is 11.6. The van der Waals surface area contributed by atoms with Crippen LogP contribution in [0.4, 0.5) is 0 Å². The van der Waals surface area contributed by atoms with Gasteiger partial charge >= 0.3 is 18.9 Å². The maximum Gasteiger partial charge on any atom is 1.00 e. The molecule has 4 nitrogen and oxygen atoms in total. The summed E-state index contributed by atoms with van der Waals surface area (Å²) in [5.74, 6) is 0.637. The van der Waals surface area contributed by atoms with Gasteiger partial charge in [0.2, 0.25) is 0 Å². The summed E-state index contributed by atoms with van der Waals surface area (Å²) in [5.41, 5.74) is 10.6. The standard InChI is InChI=1S/C21H22ClNOS.C21H23NOS.C4H9.Li/c1-4-21(14-8-6-5-7-9-14)17-13(11-20(2,3)12-16(17)24)10-15-18(21)25-19(22)23-15;1-4-21(15-8-6-5-7-9-15)18-14(10-16-19(21)24-13-22-16)11-20(2,3)12-17(18)23;1-3-4-2;/h5-9H,4,10-12H2,1-3H3;5-9,13H,4,10-12H2,1-3H3;1,3-4H2,2H3;/q;;-1;+1. The third-order valence-corrected chi connectivity index (χ3v) is 14.0. The molecule has 54 heavy (non-hydrogen) atoms. The van der Waals surface area contributed by atoms with Crippen LogP contribution in [0.2, 0.25) is 4.47 Å². The van der Waals surface area contributed by atoms with Gasteiger partial charge in [-0.3, -0.25) is 9.59 Å². The Morgan fingerprint density at radius 2 is 1.15 bits per heavy atom. The molecule has 2 unspecified atom stereocenters. The number of rotatable bonds is 5. The second-order valence-corrected chi connectivity index (χ2v) is 19.1. The van der Waals surface area contributed by atoms with E-state index in [4.69, 9.17) is 11.6 Å². The van der Waals surface area contributed by atoms with Crippen LogP contribution in [-0.2, 0) is 33.3 Å². The van der Waals surface area contributed by atoms with Crippen LogP contribution < -0.4 is 18.9 Å². The zero-order chi connectivity index (χ0) is 38.2. The van der Waals surface area contributed by atoms with Crippen molar-refractivity contribution in [3.8, 4) is 0 Å². The fraction of sp³-hybridized carbons (Fsp3) is 0.457. The number of carbonyl (C=O) groups excluding carboxylic acids is 2. The van der Waals surface area contributed by atoms with Gasteiger partial charge in [0.25, 0.3) is 0 Å². The molecule has 0 aliphatic heterocycles. The SMILES string of the molecule is CCC1(c2ccccc2)C2=C(Cc3nc(Cl)sc31)CC(C)(C)CC2=O.CCC1(c2ccccc2)C2=C(Cc3ncsc31)CC(C)(C)CC2=O.[CH2-]CCC.[Li+]. The molecular formula is C46H54ClLiN2O2S2. The molecule has 0 amide bonds. The number of unbranched alkanes of at least 4 members (excludes halogenated alkanes) is 1. The Labute approximate surface area is 348 Å². The van der Waals surface area contributed by atoms with Crippen LogP contribution in [0.5, 0.6) is 0 Å². The van der Waals surface area contributed by atoms with E-state index in [9.17, 15) is 9.59 Å². The van der Waals surface area contributed by atoms with E-state index in [1.807, 2.05) is 17.6 Å². The molecule has 0 radical (unpaired) electrons. The van der Waals surface area contributed by atoms with E-state index in [1.165, 1.54) is 39.3 Å². The monoisotopic (exact) mass is 772 g/mol. The Morgan fingerprint density at radius 3 is 1.59 bits per heavy atom. The fourth-order valence-corrected chi connectivity index (χ4v) is 12.1. The molecule has 2 aromatic carbocycles. The zero-order valence-corrected chi connectivity index (χ0v) is 35.9. The Kier molecular flexibility index (Phi) is 13.3. The largest absolute Gasteiger partial charge is 1.00 e. The number of hydrogen-bond acceptors (Lipinski definition) is 6. The molecule has 0 spiro atoms. The van der Waals surface area contributed by atoms with Crippen LogP contribution in [-0.4, -0.2) is 21.5 Å². The first kappa shape index (κ1) is 42.5. The topological polar surface area (TPSA) is 59.9 Å². The summed E-state index contributed by atoms with van der Waals surface area (Å²) in [5, 5.41) is 0. The molecule has 0 saturated heterocycles. The van der Waals surface area contributed by atoms with Gasteiger partial charge in [-0.15, -0.1) is 22.7 Å². The number of thiazole rings is 2. The number of carbonyl (C=O) groups is 2. The summed E-state index contributed by atoms with van der Waals surface area (Å²) in [6.45, 7) is 18.9. The molecular weight excluding hydrogens is 719 g/mol. The van der Waals surface area contributed by atoms with E-state index in [2.05, 4.69) is 114 Å². The molecule has 0 N–H and O–H groups in total.